The Hall–Kier alpha value is -2.44. The second-order valence-electron chi connectivity index (χ2n) is 7.82. The van der Waals surface area contributed by atoms with Crippen LogP contribution >= 0.6 is 0 Å². The third-order valence-corrected chi connectivity index (χ3v) is 5.82. The first-order valence-corrected chi connectivity index (χ1v) is 10.0. The fraction of sp³-hybridized carbons (Fsp3) is 0.455. The minimum absolute atomic E-state index is 0.0744. The van der Waals surface area contributed by atoms with Gasteiger partial charge in [0.15, 0.2) is 0 Å². The first-order valence-electron chi connectivity index (χ1n) is 10.0. The molecule has 148 valence electrons. The van der Waals surface area contributed by atoms with E-state index >= 15 is 0 Å². The number of hydrogen-bond acceptors (Lipinski definition) is 5. The molecular formula is C22H28N4O2. The lowest BCUT2D eigenvalue weighted by atomic mass is 10.0. The molecule has 1 aromatic carbocycles. The highest BCUT2D eigenvalue weighted by Gasteiger charge is 2.29. The van der Waals surface area contributed by atoms with Gasteiger partial charge in [-0.3, -0.25) is 9.69 Å². The van der Waals surface area contributed by atoms with Gasteiger partial charge in [0.05, 0.1) is 6.10 Å². The summed E-state index contributed by atoms with van der Waals surface area (Å²) in [5.41, 5.74) is 3.07. The number of β-amino-alcohol motifs (C(OH)–C–C–N with tert-alkyl or cyclic N) is 1. The highest BCUT2D eigenvalue weighted by Crippen LogP contribution is 2.34. The Labute approximate surface area is 166 Å². The fourth-order valence-corrected chi connectivity index (χ4v) is 4.39. The SMILES string of the molecule is CC(=O)N1c2ccc(C(O)CN3CCN(c4ccccn4)CC3)cc2CC1C. The summed E-state index contributed by atoms with van der Waals surface area (Å²) < 4.78 is 0. The number of benzene rings is 1. The standard InChI is InChI=1S/C22H28N4O2/c1-16-13-19-14-18(6-7-20(19)26(16)17(2)27)21(28)15-24-9-11-25(12-10-24)22-5-3-4-8-23-22/h3-8,14,16,21,28H,9-13,15H2,1-2H3. The lowest BCUT2D eigenvalue weighted by molar-refractivity contribution is -0.116. The summed E-state index contributed by atoms with van der Waals surface area (Å²) in [5.74, 6) is 1.09. The number of piperazine rings is 1. The predicted molar refractivity (Wildman–Crippen MR) is 111 cm³/mol. The van der Waals surface area contributed by atoms with E-state index in [1.54, 1.807) is 6.92 Å². The third-order valence-electron chi connectivity index (χ3n) is 5.82. The van der Waals surface area contributed by atoms with Crippen LogP contribution < -0.4 is 9.80 Å². The summed E-state index contributed by atoms with van der Waals surface area (Å²) in [4.78, 5) is 22.8. The Morgan fingerprint density at radius 3 is 2.68 bits per heavy atom. The second kappa shape index (κ2) is 7.89. The molecule has 3 heterocycles. The molecule has 0 aliphatic carbocycles. The van der Waals surface area contributed by atoms with Crippen LogP contribution in [0.5, 0.6) is 0 Å². The van der Waals surface area contributed by atoms with Crippen molar-refractivity contribution in [3.63, 3.8) is 0 Å². The van der Waals surface area contributed by atoms with Crippen molar-refractivity contribution in [3.05, 3.63) is 53.7 Å². The smallest absolute Gasteiger partial charge is 0.224 e. The fourth-order valence-electron chi connectivity index (χ4n) is 4.39. The molecule has 0 saturated carbocycles. The molecule has 6 nitrogen and oxygen atoms in total. The molecule has 2 atom stereocenters. The molecule has 2 aromatic rings. The zero-order chi connectivity index (χ0) is 19.7. The summed E-state index contributed by atoms with van der Waals surface area (Å²) in [6, 6.07) is 12.2. The number of anilines is 2. The van der Waals surface area contributed by atoms with E-state index < -0.39 is 6.10 Å². The number of nitrogens with zero attached hydrogens (tertiary/aromatic N) is 4. The molecule has 4 rings (SSSR count). The van der Waals surface area contributed by atoms with Crippen LogP contribution in [0.25, 0.3) is 0 Å². The molecule has 2 aliphatic heterocycles. The van der Waals surface area contributed by atoms with Crippen LogP contribution in [0, 0.1) is 0 Å². The van der Waals surface area contributed by atoms with Crippen LogP contribution in [0.3, 0.4) is 0 Å². The minimum Gasteiger partial charge on any atom is -0.387 e. The van der Waals surface area contributed by atoms with Gasteiger partial charge in [-0.1, -0.05) is 18.2 Å². The summed E-state index contributed by atoms with van der Waals surface area (Å²) in [6.45, 7) is 7.96. The highest BCUT2D eigenvalue weighted by molar-refractivity contribution is 5.94. The molecule has 2 aliphatic rings. The molecule has 1 aromatic heterocycles. The highest BCUT2D eigenvalue weighted by atomic mass is 16.3. The first-order chi connectivity index (χ1) is 13.5. The van der Waals surface area contributed by atoms with Gasteiger partial charge in [0.1, 0.15) is 5.82 Å². The van der Waals surface area contributed by atoms with Crippen LogP contribution in [-0.4, -0.2) is 59.7 Å². The number of aromatic nitrogens is 1. The van der Waals surface area contributed by atoms with Gasteiger partial charge in [-0.05, 0) is 42.7 Å². The molecule has 2 unspecified atom stereocenters. The number of carbonyl (C=O) groups excluding carboxylic acids is 1. The number of aliphatic hydroxyl groups is 1. The van der Waals surface area contributed by atoms with Crippen molar-refractivity contribution in [3.8, 4) is 0 Å². The minimum atomic E-state index is -0.520. The van der Waals surface area contributed by atoms with E-state index in [-0.39, 0.29) is 11.9 Å². The van der Waals surface area contributed by atoms with Gasteiger partial charge in [-0.2, -0.15) is 0 Å². The summed E-state index contributed by atoms with van der Waals surface area (Å²) >= 11 is 0. The topological polar surface area (TPSA) is 59.9 Å². The first kappa shape index (κ1) is 18.9. The van der Waals surface area contributed by atoms with Crippen molar-refractivity contribution in [2.75, 3.05) is 42.5 Å². The Morgan fingerprint density at radius 1 is 1.21 bits per heavy atom. The largest absolute Gasteiger partial charge is 0.387 e. The van der Waals surface area contributed by atoms with Crippen LogP contribution in [0.4, 0.5) is 11.5 Å². The summed E-state index contributed by atoms with van der Waals surface area (Å²) in [5, 5.41) is 10.8. The lowest BCUT2D eigenvalue weighted by Gasteiger charge is -2.36. The second-order valence-corrected chi connectivity index (χ2v) is 7.82. The Bertz CT molecular complexity index is 834. The number of hydrogen-bond donors (Lipinski definition) is 1. The van der Waals surface area contributed by atoms with Crippen LogP contribution in [-0.2, 0) is 11.2 Å². The number of carbonyl (C=O) groups is 1. The van der Waals surface area contributed by atoms with Gasteiger partial charge >= 0.3 is 0 Å². The molecule has 0 bridgehead atoms. The van der Waals surface area contributed by atoms with E-state index in [0.29, 0.717) is 6.54 Å². The van der Waals surface area contributed by atoms with Gasteiger partial charge in [-0.25, -0.2) is 4.98 Å². The maximum absolute atomic E-state index is 11.9. The molecule has 0 spiro atoms. The molecule has 1 saturated heterocycles. The quantitative estimate of drug-likeness (QED) is 0.882. The van der Waals surface area contributed by atoms with E-state index in [0.717, 1.165) is 55.2 Å². The van der Waals surface area contributed by atoms with Gasteiger partial charge in [0.25, 0.3) is 0 Å². The normalized spacial score (nSPS) is 20.9. The van der Waals surface area contributed by atoms with Crippen molar-refractivity contribution >= 4 is 17.4 Å². The van der Waals surface area contributed by atoms with Crippen molar-refractivity contribution in [2.45, 2.75) is 32.4 Å². The maximum atomic E-state index is 11.9. The summed E-state index contributed by atoms with van der Waals surface area (Å²) in [6.07, 6.45) is 2.15. The molecular weight excluding hydrogens is 352 g/mol. The van der Waals surface area contributed by atoms with Gasteiger partial charge < -0.3 is 14.9 Å². The molecule has 1 fully saturated rings. The number of aliphatic hydroxyl groups excluding tert-OH is 1. The van der Waals surface area contributed by atoms with E-state index in [1.807, 2.05) is 41.4 Å². The van der Waals surface area contributed by atoms with Crippen LogP contribution in [0.2, 0.25) is 0 Å². The molecule has 1 N–H and O–H groups in total. The Kier molecular flexibility index (Phi) is 5.33. The predicted octanol–water partition coefficient (Wildman–Crippen LogP) is 2.23. The average Bonchev–Trinajstić information content (AvgIpc) is 3.04. The number of pyridine rings is 1. The lowest BCUT2D eigenvalue weighted by Crippen LogP contribution is -2.47. The van der Waals surface area contributed by atoms with Crippen molar-refractivity contribution < 1.29 is 9.90 Å². The van der Waals surface area contributed by atoms with E-state index in [2.05, 4.69) is 27.8 Å². The van der Waals surface area contributed by atoms with Crippen molar-refractivity contribution in [1.29, 1.82) is 0 Å². The van der Waals surface area contributed by atoms with Gasteiger partial charge in [0, 0.05) is 57.6 Å². The Morgan fingerprint density at radius 2 is 2.00 bits per heavy atom. The van der Waals surface area contributed by atoms with Crippen LogP contribution in [0.15, 0.2) is 42.6 Å². The molecule has 0 radical (unpaired) electrons. The van der Waals surface area contributed by atoms with Crippen molar-refractivity contribution in [2.24, 2.45) is 0 Å². The van der Waals surface area contributed by atoms with E-state index in [9.17, 15) is 9.90 Å². The zero-order valence-corrected chi connectivity index (χ0v) is 16.6. The molecule has 6 heteroatoms. The Balaban J connectivity index is 1.37. The monoisotopic (exact) mass is 380 g/mol. The van der Waals surface area contributed by atoms with Crippen LogP contribution in [0.1, 0.15) is 31.1 Å². The number of amides is 1. The van der Waals surface area contributed by atoms with Gasteiger partial charge in [0.2, 0.25) is 5.91 Å². The van der Waals surface area contributed by atoms with Gasteiger partial charge in [-0.15, -0.1) is 0 Å². The number of fused-ring (bicyclic) bond motifs is 1. The summed E-state index contributed by atoms with van der Waals surface area (Å²) in [7, 11) is 0. The molecule has 28 heavy (non-hydrogen) atoms. The average molecular weight is 380 g/mol. The maximum Gasteiger partial charge on any atom is 0.224 e. The number of rotatable bonds is 4. The zero-order valence-electron chi connectivity index (χ0n) is 16.6. The third kappa shape index (κ3) is 3.75. The van der Waals surface area contributed by atoms with E-state index in [1.165, 1.54) is 0 Å². The molecule has 1 amide bonds. The van der Waals surface area contributed by atoms with Crippen molar-refractivity contribution in [1.82, 2.24) is 9.88 Å². The van der Waals surface area contributed by atoms with E-state index in [4.69, 9.17) is 0 Å².